The number of nitro benzene ring substituents is 1. The molecule has 0 radical (unpaired) electrons. The van der Waals surface area contributed by atoms with Gasteiger partial charge in [0.2, 0.25) is 0 Å². The van der Waals surface area contributed by atoms with Gasteiger partial charge in [-0.3, -0.25) is 15.0 Å². The van der Waals surface area contributed by atoms with Crippen LogP contribution >= 0.6 is 12.4 Å². The molecule has 0 bridgehead atoms. The van der Waals surface area contributed by atoms with Crippen LogP contribution < -0.4 is 10.5 Å². The monoisotopic (exact) mass is 315 g/mol. The highest BCUT2D eigenvalue weighted by Crippen LogP contribution is 2.28. The second-order valence-electron chi connectivity index (χ2n) is 5.40. The van der Waals surface area contributed by atoms with Crippen LogP contribution in [0.3, 0.4) is 0 Å². The van der Waals surface area contributed by atoms with Gasteiger partial charge in [-0.15, -0.1) is 12.4 Å². The van der Waals surface area contributed by atoms with E-state index in [0.717, 1.165) is 25.1 Å². The van der Waals surface area contributed by atoms with Gasteiger partial charge >= 0.3 is 0 Å². The lowest BCUT2D eigenvalue weighted by Crippen LogP contribution is -2.29. The van der Waals surface area contributed by atoms with E-state index in [-0.39, 0.29) is 29.1 Å². The first-order valence-electron chi connectivity index (χ1n) is 6.80. The Kier molecular flexibility index (Phi) is 6.39. The zero-order valence-electron chi connectivity index (χ0n) is 12.3. The summed E-state index contributed by atoms with van der Waals surface area (Å²) >= 11 is 0. The molecule has 0 saturated carbocycles. The van der Waals surface area contributed by atoms with E-state index in [9.17, 15) is 10.1 Å². The first kappa shape index (κ1) is 17.7. The molecule has 21 heavy (non-hydrogen) atoms. The van der Waals surface area contributed by atoms with Crippen LogP contribution in [0.25, 0.3) is 0 Å². The second kappa shape index (κ2) is 7.59. The minimum absolute atomic E-state index is 0. The van der Waals surface area contributed by atoms with Crippen LogP contribution in [0, 0.1) is 16.0 Å². The molecule has 1 aliphatic rings. The number of ether oxygens (including phenoxy) is 1. The Balaban J connectivity index is 0.00000220. The smallest absolute Gasteiger partial charge is 0.270 e. The maximum absolute atomic E-state index is 10.9. The van der Waals surface area contributed by atoms with Crippen LogP contribution in [0.2, 0.25) is 0 Å². The fourth-order valence-electron chi connectivity index (χ4n) is 2.68. The number of nitrogens with zero attached hydrogens (tertiary/aromatic N) is 2. The van der Waals surface area contributed by atoms with Crippen molar-refractivity contribution in [3.8, 4) is 5.75 Å². The minimum atomic E-state index is -0.377. The molecular weight excluding hydrogens is 294 g/mol. The van der Waals surface area contributed by atoms with E-state index in [1.165, 1.54) is 6.07 Å². The summed E-state index contributed by atoms with van der Waals surface area (Å²) in [5.41, 5.74) is 6.89. The van der Waals surface area contributed by atoms with Crippen molar-refractivity contribution in [1.29, 1.82) is 0 Å². The molecule has 7 heteroatoms. The van der Waals surface area contributed by atoms with E-state index in [4.69, 9.17) is 10.5 Å². The third-order valence-corrected chi connectivity index (χ3v) is 3.92. The average Bonchev–Trinajstić information content (AvgIpc) is 2.87. The van der Waals surface area contributed by atoms with Crippen molar-refractivity contribution in [2.24, 2.45) is 11.7 Å². The second-order valence-corrected chi connectivity index (χ2v) is 5.40. The number of halogens is 1. The molecule has 0 amide bonds. The van der Waals surface area contributed by atoms with E-state index < -0.39 is 0 Å². The highest BCUT2D eigenvalue weighted by atomic mass is 35.5. The third kappa shape index (κ3) is 4.30. The topological polar surface area (TPSA) is 81.6 Å². The molecule has 2 unspecified atom stereocenters. The molecule has 0 aromatic heterocycles. The molecule has 118 valence electrons. The number of non-ortho nitro benzene ring substituents is 1. The van der Waals surface area contributed by atoms with Gasteiger partial charge in [0.15, 0.2) is 0 Å². The Morgan fingerprint density at radius 2 is 2.29 bits per heavy atom. The molecule has 2 rings (SSSR count). The standard InChI is InChI=1S/C14H21N3O3.ClH/c1-10(15)11-5-6-16(8-11)9-12-7-13(17(18)19)3-4-14(12)20-2;/h3-4,7,10-11H,5-6,8-9,15H2,1-2H3;1H. The van der Waals surface area contributed by atoms with Gasteiger partial charge in [-0.05, 0) is 31.9 Å². The van der Waals surface area contributed by atoms with Crippen LogP contribution in [0.15, 0.2) is 18.2 Å². The van der Waals surface area contributed by atoms with Gasteiger partial charge in [0, 0.05) is 36.8 Å². The number of rotatable bonds is 5. The Hall–Kier alpha value is -1.37. The normalized spacial score (nSPS) is 19.9. The number of methoxy groups -OCH3 is 1. The Morgan fingerprint density at radius 1 is 1.57 bits per heavy atom. The predicted molar refractivity (Wildman–Crippen MR) is 83.9 cm³/mol. The Morgan fingerprint density at radius 3 is 2.81 bits per heavy atom. The summed E-state index contributed by atoms with van der Waals surface area (Å²) in [4.78, 5) is 12.8. The van der Waals surface area contributed by atoms with Gasteiger partial charge < -0.3 is 10.5 Å². The van der Waals surface area contributed by atoms with Crippen molar-refractivity contribution in [2.75, 3.05) is 20.2 Å². The summed E-state index contributed by atoms with van der Waals surface area (Å²) in [6.45, 7) is 4.59. The predicted octanol–water partition coefficient (Wildman–Crippen LogP) is 2.19. The highest BCUT2D eigenvalue weighted by molar-refractivity contribution is 5.85. The molecule has 1 fully saturated rings. The molecule has 1 aliphatic heterocycles. The quantitative estimate of drug-likeness (QED) is 0.665. The number of hydrogen-bond acceptors (Lipinski definition) is 5. The van der Waals surface area contributed by atoms with Crippen molar-refractivity contribution in [1.82, 2.24) is 4.90 Å². The van der Waals surface area contributed by atoms with Crippen molar-refractivity contribution >= 4 is 18.1 Å². The number of nitrogens with two attached hydrogens (primary N) is 1. The average molecular weight is 316 g/mol. The van der Waals surface area contributed by atoms with E-state index >= 15 is 0 Å². The molecule has 2 N–H and O–H groups in total. The van der Waals surface area contributed by atoms with Crippen LogP contribution in [-0.4, -0.2) is 36.1 Å². The molecule has 1 aromatic rings. The largest absolute Gasteiger partial charge is 0.496 e. The molecule has 0 spiro atoms. The van der Waals surface area contributed by atoms with Gasteiger partial charge in [0.1, 0.15) is 5.75 Å². The van der Waals surface area contributed by atoms with E-state index in [1.54, 1.807) is 19.2 Å². The summed E-state index contributed by atoms with van der Waals surface area (Å²) in [6, 6.07) is 4.91. The van der Waals surface area contributed by atoms with Crippen molar-refractivity contribution < 1.29 is 9.66 Å². The molecule has 2 atom stereocenters. The van der Waals surface area contributed by atoms with E-state index in [0.29, 0.717) is 18.2 Å². The summed E-state index contributed by atoms with van der Waals surface area (Å²) in [6.07, 6.45) is 1.08. The van der Waals surface area contributed by atoms with Crippen molar-refractivity contribution in [3.63, 3.8) is 0 Å². The maximum atomic E-state index is 10.9. The van der Waals surface area contributed by atoms with E-state index in [1.807, 2.05) is 6.92 Å². The zero-order valence-corrected chi connectivity index (χ0v) is 13.1. The van der Waals surface area contributed by atoms with Crippen molar-refractivity contribution in [3.05, 3.63) is 33.9 Å². The molecular formula is C14H22ClN3O3. The van der Waals surface area contributed by atoms with Crippen LogP contribution in [0.4, 0.5) is 5.69 Å². The lowest BCUT2D eigenvalue weighted by molar-refractivity contribution is -0.384. The number of hydrogen-bond donors (Lipinski definition) is 1. The van der Waals surface area contributed by atoms with Gasteiger partial charge in [0.25, 0.3) is 5.69 Å². The number of likely N-dealkylation sites (tertiary alicyclic amines) is 1. The summed E-state index contributed by atoms with van der Waals surface area (Å²) in [5, 5.41) is 10.9. The number of nitro groups is 1. The fraction of sp³-hybridized carbons (Fsp3) is 0.571. The highest BCUT2D eigenvalue weighted by Gasteiger charge is 2.26. The third-order valence-electron chi connectivity index (χ3n) is 3.92. The maximum Gasteiger partial charge on any atom is 0.270 e. The molecule has 1 saturated heterocycles. The zero-order chi connectivity index (χ0) is 14.7. The minimum Gasteiger partial charge on any atom is -0.496 e. The first-order chi connectivity index (χ1) is 9.51. The summed E-state index contributed by atoms with van der Waals surface area (Å²) in [5.74, 6) is 1.19. The summed E-state index contributed by atoms with van der Waals surface area (Å²) < 4.78 is 5.29. The summed E-state index contributed by atoms with van der Waals surface area (Å²) in [7, 11) is 1.58. The lowest BCUT2D eigenvalue weighted by atomic mass is 10.0. The van der Waals surface area contributed by atoms with E-state index in [2.05, 4.69) is 4.90 Å². The van der Waals surface area contributed by atoms with Crippen LogP contribution in [0.1, 0.15) is 18.9 Å². The van der Waals surface area contributed by atoms with Gasteiger partial charge in [-0.2, -0.15) is 0 Å². The van der Waals surface area contributed by atoms with Gasteiger partial charge in [0.05, 0.1) is 12.0 Å². The van der Waals surface area contributed by atoms with Crippen molar-refractivity contribution in [2.45, 2.75) is 25.9 Å². The molecule has 1 aromatic carbocycles. The van der Waals surface area contributed by atoms with Crippen LogP contribution in [-0.2, 0) is 6.54 Å². The van der Waals surface area contributed by atoms with Gasteiger partial charge in [-0.25, -0.2) is 0 Å². The Bertz CT molecular complexity index is 496. The molecule has 6 nitrogen and oxygen atoms in total. The van der Waals surface area contributed by atoms with Crippen LogP contribution in [0.5, 0.6) is 5.75 Å². The first-order valence-corrected chi connectivity index (χ1v) is 6.80. The lowest BCUT2D eigenvalue weighted by Gasteiger charge is -2.19. The molecule has 1 heterocycles. The Labute approximate surface area is 130 Å². The van der Waals surface area contributed by atoms with Gasteiger partial charge in [-0.1, -0.05) is 0 Å². The SMILES string of the molecule is COc1ccc([N+](=O)[O-])cc1CN1CCC(C(C)N)C1.Cl. The number of benzene rings is 1. The molecule has 0 aliphatic carbocycles. The fourth-order valence-corrected chi connectivity index (χ4v) is 2.68.